The molecule has 0 heterocycles. The molecule has 0 saturated heterocycles. The molecule has 6 nitrogen and oxygen atoms in total. The summed E-state index contributed by atoms with van der Waals surface area (Å²) >= 11 is 0. The van der Waals surface area contributed by atoms with Gasteiger partial charge in [0.05, 0.1) is 5.69 Å². The second-order valence-corrected chi connectivity index (χ2v) is 4.49. The Labute approximate surface area is 117 Å². The fourth-order valence-corrected chi connectivity index (χ4v) is 1.16. The van der Waals surface area contributed by atoms with Crippen LogP contribution >= 0.6 is 0 Å². The van der Waals surface area contributed by atoms with Crippen molar-refractivity contribution in [1.82, 2.24) is 0 Å². The third-order valence-electron chi connectivity index (χ3n) is 2.03. The van der Waals surface area contributed by atoms with Gasteiger partial charge in [0, 0.05) is 5.56 Å². The van der Waals surface area contributed by atoms with Crippen LogP contribution in [0.1, 0.15) is 19.4 Å². The van der Waals surface area contributed by atoms with Gasteiger partial charge in [-0.3, -0.25) is 10.8 Å². The Morgan fingerprint density at radius 2 is 2.20 bits per heavy atom. The molecule has 1 rings (SSSR count). The zero-order valence-corrected chi connectivity index (χ0v) is 11.2. The molecule has 0 bridgehead atoms. The molecule has 6 heteroatoms. The molecular weight excluding hydrogens is 254 g/mol. The van der Waals surface area contributed by atoms with E-state index in [1.807, 2.05) is 0 Å². The van der Waals surface area contributed by atoms with Gasteiger partial charge in [-0.25, -0.2) is 0 Å². The van der Waals surface area contributed by atoms with Crippen LogP contribution in [0.15, 0.2) is 29.4 Å². The van der Waals surface area contributed by atoms with Crippen LogP contribution in [0, 0.1) is 28.6 Å². The average molecular weight is 269 g/mol. The number of aliphatic hydroxyl groups is 1. The maximum atomic E-state index is 9.53. The molecule has 0 saturated carbocycles. The molecule has 0 amide bonds. The number of rotatable bonds is 3. The van der Waals surface area contributed by atoms with Crippen molar-refractivity contribution in [2.24, 2.45) is 10.8 Å². The fraction of sp³-hybridized carbons (Fsp3) is 0.214. The summed E-state index contributed by atoms with van der Waals surface area (Å²) in [7, 11) is 0. The molecule has 1 aromatic carbocycles. The zero-order chi connectivity index (χ0) is 15.2. The summed E-state index contributed by atoms with van der Waals surface area (Å²) in [6, 6.07) is 8.68. The van der Waals surface area contributed by atoms with E-state index in [2.05, 4.69) is 22.4 Å². The molecule has 0 radical (unpaired) electrons. The van der Waals surface area contributed by atoms with Gasteiger partial charge in [0.25, 0.3) is 0 Å². The van der Waals surface area contributed by atoms with Gasteiger partial charge in [-0.05, 0) is 32.0 Å². The summed E-state index contributed by atoms with van der Waals surface area (Å²) in [6.07, 6.45) is 0. The number of nitrogens with two attached hydrogens (primary N) is 1. The summed E-state index contributed by atoms with van der Waals surface area (Å²) in [6.45, 7) is 3.19. The lowest BCUT2D eigenvalue weighted by molar-refractivity contribution is 0.143. The molecule has 0 aromatic heterocycles. The first kappa shape index (κ1) is 15.2. The van der Waals surface area contributed by atoms with Gasteiger partial charge >= 0.3 is 0 Å². The molecule has 0 aliphatic carbocycles. The van der Waals surface area contributed by atoms with Crippen LogP contribution in [-0.4, -0.2) is 22.3 Å². The smallest absolute Gasteiger partial charge is 0.201 e. The summed E-state index contributed by atoms with van der Waals surface area (Å²) < 4.78 is 0. The Morgan fingerprint density at radius 1 is 1.50 bits per heavy atom. The quantitative estimate of drug-likeness (QED) is 0.284. The molecule has 0 spiro atoms. The monoisotopic (exact) mass is 269 g/mol. The van der Waals surface area contributed by atoms with E-state index in [1.54, 1.807) is 44.2 Å². The lowest BCUT2D eigenvalue weighted by Crippen LogP contribution is -2.21. The van der Waals surface area contributed by atoms with Crippen molar-refractivity contribution in [2.75, 3.05) is 5.43 Å². The van der Waals surface area contributed by atoms with E-state index < -0.39 is 11.4 Å². The number of hydrazone groups is 1. The second-order valence-electron chi connectivity index (χ2n) is 4.49. The van der Waals surface area contributed by atoms with Crippen LogP contribution in [0.5, 0.6) is 0 Å². The minimum Gasteiger partial charge on any atom is -0.382 e. The van der Waals surface area contributed by atoms with Gasteiger partial charge in [0.15, 0.2) is 5.84 Å². The largest absolute Gasteiger partial charge is 0.382 e. The van der Waals surface area contributed by atoms with Crippen LogP contribution in [0.3, 0.4) is 0 Å². The van der Waals surface area contributed by atoms with Crippen LogP contribution < -0.4 is 11.2 Å². The van der Waals surface area contributed by atoms with E-state index >= 15 is 0 Å². The van der Waals surface area contributed by atoms with Crippen molar-refractivity contribution in [3.63, 3.8) is 0 Å². The molecule has 102 valence electrons. The molecule has 20 heavy (non-hydrogen) atoms. The first-order valence-electron chi connectivity index (χ1n) is 5.75. The van der Waals surface area contributed by atoms with Crippen molar-refractivity contribution in [2.45, 2.75) is 19.4 Å². The summed E-state index contributed by atoms with van der Waals surface area (Å²) in [5.74, 6) is 5.12. The van der Waals surface area contributed by atoms with Gasteiger partial charge in [0.1, 0.15) is 11.7 Å². The molecular formula is C14H15N5O. The van der Waals surface area contributed by atoms with E-state index in [0.717, 1.165) is 0 Å². The number of amidine groups is 1. The maximum Gasteiger partial charge on any atom is 0.201 e. The minimum atomic E-state index is -1.07. The number of anilines is 1. The standard InChI is InChI=1S/C14H15N5O/c1-14(2,20)7-6-10-4-3-5-11(8-10)18-19-12(9-15)13(16)17/h3-5,8,18,20H,1-2H3,(H3,16,17)/b19-12+. The topological polar surface area (TPSA) is 118 Å². The maximum absolute atomic E-state index is 9.53. The lowest BCUT2D eigenvalue weighted by Gasteiger charge is -2.06. The first-order valence-corrected chi connectivity index (χ1v) is 5.75. The second kappa shape index (κ2) is 6.37. The van der Waals surface area contributed by atoms with E-state index in [0.29, 0.717) is 11.3 Å². The van der Waals surface area contributed by atoms with Crippen molar-refractivity contribution >= 4 is 17.2 Å². The third-order valence-corrected chi connectivity index (χ3v) is 2.03. The zero-order valence-electron chi connectivity index (χ0n) is 11.2. The minimum absolute atomic E-state index is 0.196. The molecule has 5 N–H and O–H groups in total. The number of benzene rings is 1. The molecule has 0 aliphatic heterocycles. The Morgan fingerprint density at radius 3 is 2.75 bits per heavy atom. The van der Waals surface area contributed by atoms with Gasteiger partial charge in [-0.2, -0.15) is 10.4 Å². The van der Waals surface area contributed by atoms with Gasteiger partial charge in [-0.1, -0.05) is 17.9 Å². The fourth-order valence-electron chi connectivity index (χ4n) is 1.16. The van der Waals surface area contributed by atoms with Crippen molar-refractivity contribution in [3.05, 3.63) is 29.8 Å². The Bertz CT molecular complexity index is 638. The number of nitrogens with zero attached hydrogens (tertiary/aromatic N) is 2. The van der Waals surface area contributed by atoms with Crippen LogP contribution in [0.2, 0.25) is 0 Å². The molecule has 0 aliphatic rings. The summed E-state index contributed by atoms with van der Waals surface area (Å²) in [5, 5.41) is 29.1. The van der Waals surface area contributed by atoms with Crippen molar-refractivity contribution in [1.29, 1.82) is 10.7 Å². The molecule has 0 unspecified atom stereocenters. The highest BCUT2D eigenvalue weighted by molar-refractivity contribution is 6.45. The van der Waals surface area contributed by atoms with E-state index in [1.165, 1.54) is 0 Å². The summed E-state index contributed by atoms with van der Waals surface area (Å²) in [5.41, 5.74) is 7.83. The van der Waals surface area contributed by atoms with E-state index in [-0.39, 0.29) is 5.71 Å². The average Bonchev–Trinajstić information content (AvgIpc) is 2.36. The number of nitrogens with one attached hydrogen (secondary N) is 2. The normalized spacial score (nSPS) is 11.0. The van der Waals surface area contributed by atoms with Gasteiger partial charge in [-0.15, -0.1) is 0 Å². The molecule has 1 aromatic rings. The third kappa shape index (κ3) is 5.21. The highest BCUT2D eigenvalue weighted by Crippen LogP contribution is 2.10. The Balaban J connectivity index is 2.92. The first-order chi connectivity index (χ1) is 9.31. The number of nitriles is 1. The SMILES string of the molecule is CC(C)(O)C#Cc1cccc(N/N=C(\C#N)C(=N)N)c1. The Hall–Kier alpha value is -2.83. The molecule has 0 fully saturated rings. The Kier molecular flexibility index (Phi) is 4.85. The molecule has 0 atom stereocenters. The summed E-state index contributed by atoms with van der Waals surface area (Å²) in [4.78, 5) is 0. The lowest BCUT2D eigenvalue weighted by atomic mass is 10.1. The van der Waals surface area contributed by atoms with E-state index in [4.69, 9.17) is 16.4 Å². The van der Waals surface area contributed by atoms with Gasteiger partial charge in [0.2, 0.25) is 5.71 Å². The van der Waals surface area contributed by atoms with Crippen LogP contribution in [0.4, 0.5) is 5.69 Å². The number of hydrogen-bond acceptors (Lipinski definition) is 5. The van der Waals surface area contributed by atoms with Gasteiger partial charge < -0.3 is 10.8 Å². The van der Waals surface area contributed by atoms with Crippen LogP contribution in [0.25, 0.3) is 0 Å². The van der Waals surface area contributed by atoms with Crippen LogP contribution in [-0.2, 0) is 0 Å². The van der Waals surface area contributed by atoms with Crippen molar-refractivity contribution in [3.8, 4) is 17.9 Å². The number of hydrogen-bond donors (Lipinski definition) is 4. The highest BCUT2D eigenvalue weighted by Gasteiger charge is 2.05. The predicted octanol–water partition coefficient (Wildman–Crippen LogP) is 1.04. The highest BCUT2D eigenvalue weighted by atomic mass is 16.3. The van der Waals surface area contributed by atoms with E-state index in [9.17, 15) is 5.11 Å². The predicted molar refractivity (Wildman–Crippen MR) is 78.2 cm³/mol. The van der Waals surface area contributed by atoms with Crippen molar-refractivity contribution < 1.29 is 5.11 Å².